The molecule has 1 rings (SSSR count). The fourth-order valence-corrected chi connectivity index (χ4v) is 1.70. The number of nitrogens with two attached hydrogens (primary N) is 1. The Morgan fingerprint density at radius 1 is 1.53 bits per heavy atom. The van der Waals surface area contributed by atoms with Crippen LogP contribution in [0.4, 0.5) is 5.82 Å². The zero-order chi connectivity index (χ0) is 11.3. The number of pyridine rings is 1. The van der Waals surface area contributed by atoms with Gasteiger partial charge in [0.2, 0.25) is 0 Å². The van der Waals surface area contributed by atoms with Crippen LogP contribution >= 0.6 is 11.6 Å². The molecule has 0 atom stereocenters. The van der Waals surface area contributed by atoms with Crippen molar-refractivity contribution >= 4 is 17.4 Å². The van der Waals surface area contributed by atoms with Crippen molar-refractivity contribution in [2.75, 3.05) is 18.5 Å². The molecule has 0 aromatic carbocycles. The van der Waals surface area contributed by atoms with Gasteiger partial charge >= 0.3 is 0 Å². The number of hydrogen-bond acceptors (Lipinski definition) is 3. The molecule has 15 heavy (non-hydrogen) atoms. The molecular formula is C11H18ClN3. The molecule has 0 unspecified atom stereocenters. The molecule has 1 aromatic heterocycles. The molecule has 0 radical (unpaired) electrons. The van der Waals surface area contributed by atoms with E-state index in [1.54, 1.807) is 6.20 Å². The van der Waals surface area contributed by atoms with Gasteiger partial charge in [-0.2, -0.15) is 0 Å². The molecule has 2 N–H and O–H groups in total. The quantitative estimate of drug-likeness (QED) is 0.840. The molecular weight excluding hydrogens is 210 g/mol. The van der Waals surface area contributed by atoms with Gasteiger partial charge in [-0.05, 0) is 18.1 Å². The van der Waals surface area contributed by atoms with E-state index in [0.717, 1.165) is 24.3 Å². The number of nitrogens with zero attached hydrogens (tertiary/aromatic N) is 2. The largest absolute Gasteiger partial charge is 0.358 e. The second-order valence-electron chi connectivity index (χ2n) is 3.63. The molecule has 4 heteroatoms. The first-order valence-corrected chi connectivity index (χ1v) is 5.62. The highest BCUT2D eigenvalue weighted by Gasteiger charge is 2.07. The predicted octanol–water partition coefficient (Wildman–Crippen LogP) is 2.43. The molecule has 0 amide bonds. The lowest BCUT2D eigenvalue weighted by Gasteiger charge is -2.19. The van der Waals surface area contributed by atoms with E-state index in [2.05, 4.69) is 16.8 Å². The third kappa shape index (κ3) is 3.36. The van der Waals surface area contributed by atoms with Gasteiger partial charge in [-0.15, -0.1) is 0 Å². The SMILES string of the molecule is CCCCN(C)c1ncc(CN)cc1Cl. The van der Waals surface area contributed by atoms with Gasteiger partial charge in [-0.3, -0.25) is 0 Å². The summed E-state index contributed by atoms with van der Waals surface area (Å²) in [5.41, 5.74) is 6.48. The van der Waals surface area contributed by atoms with Gasteiger partial charge in [0, 0.05) is 26.3 Å². The Kier molecular flexibility index (Phi) is 4.85. The number of unbranched alkanes of at least 4 members (excludes halogenated alkanes) is 1. The number of aromatic nitrogens is 1. The van der Waals surface area contributed by atoms with Gasteiger partial charge in [0.25, 0.3) is 0 Å². The summed E-state index contributed by atoms with van der Waals surface area (Å²) < 4.78 is 0. The molecule has 84 valence electrons. The lowest BCUT2D eigenvalue weighted by atomic mass is 10.2. The van der Waals surface area contributed by atoms with Gasteiger partial charge in [-0.25, -0.2) is 4.98 Å². The van der Waals surface area contributed by atoms with Gasteiger partial charge in [0.15, 0.2) is 0 Å². The lowest BCUT2D eigenvalue weighted by molar-refractivity contribution is 0.759. The van der Waals surface area contributed by atoms with Gasteiger partial charge in [0.05, 0.1) is 5.02 Å². The van der Waals surface area contributed by atoms with Crippen LogP contribution in [-0.4, -0.2) is 18.6 Å². The molecule has 0 aliphatic carbocycles. The van der Waals surface area contributed by atoms with Crippen LogP contribution in [0.1, 0.15) is 25.3 Å². The normalized spacial score (nSPS) is 10.4. The molecule has 1 heterocycles. The lowest BCUT2D eigenvalue weighted by Crippen LogP contribution is -2.20. The monoisotopic (exact) mass is 227 g/mol. The summed E-state index contributed by atoms with van der Waals surface area (Å²) in [6.07, 6.45) is 4.10. The van der Waals surface area contributed by atoms with Crippen molar-refractivity contribution in [2.45, 2.75) is 26.3 Å². The Bertz CT molecular complexity index is 315. The molecule has 0 aliphatic heterocycles. The Morgan fingerprint density at radius 2 is 2.27 bits per heavy atom. The van der Waals surface area contributed by atoms with Crippen molar-refractivity contribution in [1.29, 1.82) is 0 Å². The fraction of sp³-hybridized carbons (Fsp3) is 0.545. The first-order valence-electron chi connectivity index (χ1n) is 5.24. The standard InChI is InChI=1S/C11H18ClN3/c1-3-4-5-15(2)11-10(12)6-9(7-13)8-14-11/h6,8H,3-5,7,13H2,1-2H3. The summed E-state index contributed by atoms with van der Waals surface area (Å²) in [5, 5.41) is 0.677. The third-order valence-electron chi connectivity index (χ3n) is 2.32. The Labute approximate surface area is 96.2 Å². The van der Waals surface area contributed by atoms with Crippen molar-refractivity contribution in [3.63, 3.8) is 0 Å². The van der Waals surface area contributed by atoms with Crippen molar-refractivity contribution in [1.82, 2.24) is 4.98 Å². The summed E-state index contributed by atoms with van der Waals surface area (Å²) in [4.78, 5) is 6.39. The van der Waals surface area contributed by atoms with Crippen LogP contribution in [0.15, 0.2) is 12.3 Å². The van der Waals surface area contributed by atoms with Crippen LogP contribution in [0.2, 0.25) is 5.02 Å². The smallest absolute Gasteiger partial charge is 0.147 e. The summed E-state index contributed by atoms with van der Waals surface area (Å²) in [6, 6.07) is 1.88. The average molecular weight is 228 g/mol. The summed E-state index contributed by atoms with van der Waals surface area (Å²) in [5.74, 6) is 0.835. The summed E-state index contributed by atoms with van der Waals surface area (Å²) in [7, 11) is 2.01. The first kappa shape index (κ1) is 12.3. The van der Waals surface area contributed by atoms with E-state index in [1.807, 2.05) is 13.1 Å². The minimum Gasteiger partial charge on any atom is -0.358 e. The van der Waals surface area contributed by atoms with E-state index in [9.17, 15) is 0 Å². The second kappa shape index (κ2) is 5.93. The van der Waals surface area contributed by atoms with E-state index in [-0.39, 0.29) is 0 Å². The predicted molar refractivity (Wildman–Crippen MR) is 65.3 cm³/mol. The van der Waals surface area contributed by atoms with Crippen LogP contribution < -0.4 is 10.6 Å². The second-order valence-corrected chi connectivity index (χ2v) is 4.04. The topological polar surface area (TPSA) is 42.2 Å². The van der Waals surface area contributed by atoms with Crippen molar-refractivity contribution in [3.05, 3.63) is 22.8 Å². The van der Waals surface area contributed by atoms with Crippen molar-refractivity contribution < 1.29 is 0 Å². The molecule has 0 aliphatic rings. The maximum absolute atomic E-state index is 6.12. The Balaban J connectivity index is 2.76. The molecule has 1 aromatic rings. The molecule has 3 nitrogen and oxygen atoms in total. The molecule has 0 saturated heterocycles. The maximum atomic E-state index is 6.12. The Morgan fingerprint density at radius 3 is 2.80 bits per heavy atom. The third-order valence-corrected chi connectivity index (χ3v) is 2.60. The molecule has 0 bridgehead atoms. The van der Waals surface area contributed by atoms with Crippen LogP contribution in [0, 0.1) is 0 Å². The summed E-state index contributed by atoms with van der Waals surface area (Å²) >= 11 is 6.12. The summed E-state index contributed by atoms with van der Waals surface area (Å²) in [6.45, 7) is 3.62. The fourth-order valence-electron chi connectivity index (χ4n) is 1.36. The van der Waals surface area contributed by atoms with E-state index in [4.69, 9.17) is 17.3 Å². The van der Waals surface area contributed by atoms with E-state index < -0.39 is 0 Å². The van der Waals surface area contributed by atoms with Crippen LogP contribution in [0.3, 0.4) is 0 Å². The highest BCUT2D eigenvalue weighted by atomic mass is 35.5. The van der Waals surface area contributed by atoms with Crippen LogP contribution in [0.25, 0.3) is 0 Å². The van der Waals surface area contributed by atoms with Crippen molar-refractivity contribution in [2.24, 2.45) is 5.73 Å². The molecule has 0 fully saturated rings. The number of anilines is 1. The zero-order valence-corrected chi connectivity index (χ0v) is 10.1. The molecule has 0 saturated carbocycles. The minimum atomic E-state index is 0.478. The van der Waals surface area contributed by atoms with E-state index in [1.165, 1.54) is 6.42 Å². The maximum Gasteiger partial charge on any atom is 0.147 e. The zero-order valence-electron chi connectivity index (χ0n) is 9.33. The van der Waals surface area contributed by atoms with Crippen molar-refractivity contribution in [3.8, 4) is 0 Å². The van der Waals surface area contributed by atoms with Gasteiger partial charge in [0.1, 0.15) is 5.82 Å². The molecule has 0 spiro atoms. The number of halogens is 1. The van der Waals surface area contributed by atoms with Gasteiger partial charge < -0.3 is 10.6 Å². The highest BCUT2D eigenvalue weighted by molar-refractivity contribution is 6.33. The highest BCUT2D eigenvalue weighted by Crippen LogP contribution is 2.23. The van der Waals surface area contributed by atoms with Crippen LogP contribution in [-0.2, 0) is 6.54 Å². The minimum absolute atomic E-state index is 0.478. The van der Waals surface area contributed by atoms with Crippen LogP contribution in [0.5, 0.6) is 0 Å². The average Bonchev–Trinajstić information content (AvgIpc) is 2.25. The number of rotatable bonds is 5. The first-order chi connectivity index (χ1) is 7.19. The Hall–Kier alpha value is -0.800. The van der Waals surface area contributed by atoms with E-state index in [0.29, 0.717) is 11.6 Å². The number of hydrogen-bond donors (Lipinski definition) is 1. The van der Waals surface area contributed by atoms with E-state index >= 15 is 0 Å². The van der Waals surface area contributed by atoms with Gasteiger partial charge in [-0.1, -0.05) is 24.9 Å².